The molecule has 1 aliphatic rings. The van der Waals surface area contributed by atoms with E-state index >= 15 is 0 Å². The summed E-state index contributed by atoms with van der Waals surface area (Å²) in [4.78, 5) is 23.5. The van der Waals surface area contributed by atoms with Crippen molar-refractivity contribution in [1.82, 2.24) is 5.43 Å². The van der Waals surface area contributed by atoms with Crippen molar-refractivity contribution in [3.63, 3.8) is 0 Å². The Kier molecular flexibility index (Phi) is 5.69. The van der Waals surface area contributed by atoms with Crippen molar-refractivity contribution in [3.8, 4) is 0 Å². The maximum absolute atomic E-state index is 11.8. The van der Waals surface area contributed by atoms with Gasteiger partial charge in [0.25, 0.3) is 0 Å². The minimum Gasteiger partial charge on any atom is -0.326 e. The van der Waals surface area contributed by atoms with Crippen LogP contribution in [0, 0.1) is 13.8 Å². The number of hydrogen-bond donors (Lipinski definition) is 2. The largest absolute Gasteiger partial charge is 0.326 e. The first kappa shape index (κ1) is 16.2. The summed E-state index contributed by atoms with van der Waals surface area (Å²) in [6.07, 6.45) is 4.53. The van der Waals surface area contributed by atoms with Crippen LogP contribution in [0.25, 0.3) is 0 Å². The summed E-state index contributed by atoms with van der Waals surface area (Å²) in [5.41, 5.74) is 6.65. The highest BCUT2D eigenvalue weighted by Crippen LogP contribution is 2.15. The van der Waals surface area contributed by atoms with E-state index in [-0.39, 0.29) is 24.7 Å². The SMILES string of the molecule is Cc1ccc(NC(=O)CCC(=O)NN=C2CCCC2)cc1C. The predicted molar refractivity (Wildman–Crippen MR) is 87.8 cm³/mol. The fourth-order valence-corrected chi connectivity index (χ4v) is 2.36. The Hall–Kier alpha value is -2.17. The number of rotatable bonds is 5. The van der Waals surface area contributed by atoms with E-state index in [2.05, 4.69) is 15.8 Å². The van der Waals surface area contributed by atoms with Gasteiger partial charge < -0.3 is 5.32 Å². The zero-order chi connectivity index (χ0) is 15.9. The summed E-state index contributed by atoms with van der Waals surface area (Å²) in [6.45, 7) is 4.03. The normalized spacial score (nSPS) is 13.8. The van der Waals surface area contributed by atoms with E-state index in [0.717, 1.165) is 42.6 Å². The monoisotopic (exact) mass is 301 g/mol. The van der Waals surface area contributed by atoms with E-state index < -0.39 is 0 Å². The molecule has 118 valence electrons. The van der Waals surface area contributed by atoms with Crippen LogP contribution in [0.1, 0.15) is 49.7 Å². The van der Waals surface area contributed by atoms with Crippen LogP contribution < -0.4 is 10.7 Å². The third-order valence-corrected chi connectivity index (χ3v) is 3.89. The number of hydrogen-bond acceptors (Lipinski definition) is 3. The molecule has 1 aromatic rings. The third-order valence-electron chi connectivity index (χ3n) is 3.89. The van der Waals surface area contributed by atoms with Crippen LogP contribution in [-0.4, -0.2) is 17.5 Å². The molecule has 1 aromatic carbocycles. The minimum atomic E-state index is -0.213. The van der Waals surface area contributed by atoms with Gasteiger partial charge in [0.15, 0.2) is 0 Å². The number of carbonyl (C=O) groups is 2. The van der Waals surface area contributed by atoms with Crippen molar-refractivity contribution in [1.29, 1.82) is 0 Å². The second-order valence-corrected chi connectivity index (χ2v) is 5.77. The van der Waals surface area contributed by atoms with Gasteiger partial charge in [-0.05, 0) is 62.8 Å². The molecule has 0 spiro atoms. The molecule has 5 nitrogen and oxygen atoms in total. The molecular weight excluding hydrogens is 278 g/mol. The van der Waals surface area contributed by atoms with Gasteiger partial charge in [-0.3, -0.25) is 9.59 Å². The van der Waals surface area contributed by atoms with Crippen molar-refractivity contribution in [2.24, 2.45) is 5.10 Å². The van der Waals surface area contributed by atoms with Gasteiger partial charge in [-0.2, -0.15) is 5.10 Å². The highest BCUT2D eigenvalue weighted by molar-refractivity contribution is 5.93. The van der Waals surface area contributed by atoms with E-state index in [0.29, 0.717) is 0 Å². The van der Waals surface area contributed by atoms with E-state index in [9.17, 15) is 9.59 Å². The molecule has 2 N–H and O–H groups in total. The molecule has 2 amide bonds. The zero-order valence-corrected chi connectivity index (χ0v) is 13.2. The molecule has 1 saturated carbocycles. The lowest BCUT2D eigenvalue weighted by Gasteiger charge is -2.07. The molecule has 0 aromatic heterocycles. The van der Waals surface area contributed by atoms with E-state index in [1.54, 1.807) is 0 Å². The maximum Gasteiger partial charge on any atom is 0.240 e. The molecule has 1 aliphatic carbocycles. The first-order chi connectivity index (χ1) is 10.5. The standard InChI is InChI=1S/C17H23N3O2/c1-12-7-8-15(11-13(12)2)18-16(21)9-10-17(22)20-19-14-5-3-4-6-14/h7-8,11H,3-6,9-10H2,1-2H3,(H,18,21)(H,20,22). The van der Waals surface area contributed by atoms with Crippen molar-refractivity contribution >= 4 is 23.2 Å². The van der Waals surface area contributed by atoms with Crippen molar-refractivity contribution in [3.05, 3.63) is 29.3 Å². The molecule has 0 aliphatic heterocycles. The highest BCUT2D eigenvalue weighted by Gasteiger charge is 2.10. The number of nitrogens with one attached hydrogen (secondary N) is 2. The smallest absolute Gasteiger partial charge is 0.240 e. The second-order valence-electron chi connectivity index (χ2n) is 5.77. The Balaban J connectivity index is 1.73. The molecule has 0 atom stereocenters. The van der Waals surface area contributed by atoms with Gasteiger partial charge in [-0.25, -0.2) is 5.43 Å². The molecule has 0 bridgehead atoms. The fourth-order valence-electron chi connectivity index (χ4n) is 2.36. The number of carbonyl (C=O) groups excluding carboxylic acids is 2. The summed E-state index contributed by atoms with van der Waals surface area (Å²) < 4.78 is 0. The summed E-state index contributed by atoms with van der Waals surface area (Å²) in [6, 6.07) is 5.76. The van der Waals surface area contributed by atoms with Crippen molar-refractivity contribution in [2.75, 3.05) is 5.32 Å². The third kappa shape index (κ3) is 4.98. The predicted octanol–water partition coefficient (Wildman–Crippen LogP) is 3.07. The Bertz CT molecular complexity index is 586. The van der Waals surface area contributed by atoms with Crippen molar-refractivity contribution < 1.29 is 9.59 Å². The van der Waals surface area contributed by atoms with Gasteiger partial charge in [-0.1, -0.05) is 6.07 Å². The molecule has 22 heavy (non-hydrogen) atoms. The Morgan fingerprint density at radius 2 is 1.73 bits per heavy atom. The van der Waals surface area contributed by atoms with Crippen LogP contribution in [-0.2, 0) is 9.59 Å². The maximum atomic E-state index is 11.8. The molecule has 0 radical (unpaired) electrons. The second kappa shape index (κ2) is 7.73. The van der Waals surface area contributed by atoms with Crippen LogP contribution in [0.5, 0.6) is 0 Å². The number of anilines is 1. The zero-order valence-electron chi connectivity index (χ0n) is 13.2. The lowest BCUT2D eigenvalue weighted by atomic mass is 10.1. The molecule has 0 saturated heterocycles. The summed E-state index contributed by atoms with van der Waals surface area (Å²) in [5, 5.41) is 6.90. The number of hydrazone groups is 1. The molecule has 2 rings (SSSR count). The van der Waals surface area contributed by atoms with Crippen LogP contribution >= 0.6 is 0 Å². The van der Waals surface area contributed by atoms with E-state index in [4.69, 9.17) is 0 Å². The summed E-state index contributed by atoms with van der Waals surface area (Å²) in [7, 11) is 0. The van der Waals surface area contributed by atoms with Gasteiger partial charge >= 0.3 is 0 Å². The first-order valence-corrected chi connectivity index (χ1v) is 7.76. The fraction of sp³-hybridized carbons (Fsp3) is 0.471. The van der Waals surface area contributed by atoms with Gasteiger partial charge in [0.05, 0.1) is 0 Å². The number of nitrogens with zero attached hydrogens (tertiary/aromatic N) is 1. The average Bonchev–Trinajstić information content (AvgIpc) is 3.00. The Morgan fingerprint density at radius 3 is 2.41 bits per heavy atom. The van der Waals surface area contributed by atoms with Gasteiger partial charge in [0.2, 0.25) is 11.8 Å². The first-order valence-electron chi connectivity index (χ1n) is 7.76. The Labute approximate surface area is 131 Å². The minimum absolute atomic E-state index is 0.146. The van der Waals surface area contributed by atoms with Crippen LogP contribution in [0.15, 0.2) is 23.3 Å². The lowest BCUT2D eigenvalue weighted by Crippen LogP contribution is -2.21. The molecule has 0 heterocycles. The lowest BCUT2D eigenvalue weighted by molar-refractivity contribution is -0.124. The van der Waals surface area contributed by atoms with Gasteiger partial charge in [-0.15, -0.1) is 0 Å². The van der Waals surface area contributed by atoms with Crippen LogP contribution in [0.3, 0.4) is 0 Å². The molecular formula is C17H23N3O2. The van der Waals surface area contributed by atoms with Gasteiger partial charge in [0.1, 0.15) is 0 Å². The number of benzene rings is 1. The molecule has 5 heteroatoms. The Morgan fingerprint density at radius 1 is 1.05 bits per heavy atom. The topological polar surface area (TPSA) is 70.6 Å². The molecule has 1 fully saturated rings. The van der Waals surface area contributed by atoms with E-state index in [1.807, 2.05) is 32.0 Å². The van der Waals surface area contributed by atoms with E-state index in [1.165, 1.54) is 5.56 Å². The summed E-state index contributed by atoms with van der Waals surface area (Å²) in [5.74, 6) is -0.374. The van der Waals surface area contributed by atoms with Crippen LogP contribution in [0.4, 0.5) is 5.69 Å². The van der Waals surface area contributed by atoms with Crippen LogP contribution in [0.2, 0.25) is 0 Å². The van der Waals surface area contributed by atoms with Crippen molar-refractivity contribution in [2.45, 2.75) is 52.4 Å². The average molecular weight is 301 g/mol. The number of aryl methyl sites for hydroxylation is 2. The molecule has 0 unspecified atom stereocenters. The quantitative estimate of drug-likeness (QED) is 0.820. The summed E-state index contributed by atoms with van der Waals surface area (Å²) >= 11 is 0. The highest BCUT2D eigenvalue weighted by atomic mass is 16.2. The van der Waals surface area contributed by atoms with Gasteiger partial charge in [0, 0.05) is 24.2 Å². The number of amides is 2.